The lowest BCUT2D eigenvalue weighted by Crippen LogP contribution is -2.31. The van der Waals surface area contributed by atoms with Crippen LogP contribution in [0.15, 0.2) is 36.4 Å². The van der Waals surface area contributed by atoms with Gasteiger partial charge in [0.05, 0.1) is 5.97 Å². The predicted molar refractivity (Wildman–Crippen MR) is 106 cm³/mol. The van der Waals surface area contributed by atoms with E-state index in [9.17, 15) is 14.7 Å². The average molecular weight is 380 g/mol. The molecule has 0 saturated carbocycles. The number of anilines is 1. The Labute approximate surface area is 165 Å². The molecule has 5 heteroatoms. The van der Waals surface area contributed by atoms with Crippen molar-refractivity contribution in [1.29, 1.82) is 0 Å². The number of rotatable bonds is 6. The summed E-state index contributed by atoms with van der Waals surface area (Å²) in [5.74, 6) is -0.522. The number of carbonyl (C=O) groups is 2. The van der Waals surface area contributed by atoms with E-state index in [0.717, 1.165) is 36.1 Å². The number of para-hydroxylation sites is 1. The molecule has 28 heavy (non-hydrogen) atoms. The van der Waals surface area contributed by atoms with Crippen LogP contribution in [0.3, 0.4) is 0 Å². The number of ether oxygens (including phenoxy) is 1. The van der Waals surface area contributed by atoms with E-state index in [4.69, 9.17) is 4.74 Å². The molecule has 0 spiro atoms. The largest absolute Gasteiger partial charge is 0.546 e. The maximum atomic E-state index is 12.7. The number of carboxylic acids is 1. The Morgan fingerprint density at radius 1 is 1.21 bits per heavy atom. The molecule has 2 aromatic rings. The molecule has 0 bridgehead atoms. The number of amides is 1. The molecule has 1 aliphatic carbocycles. The van der Waals surface area contributed by atoms with Crippen LogP contribution in [0.4, 0.5) is 5.69 Å². The Hall–Kier alpha value is -2.82. The number of carbonyl (C=O) groups excluding carboxylic acids is 2. The van der Waals surface area contributed by atoms with Crippen LogP contribution in [-0.4, -0.2) is 18.5 Å². The van der Waals surface area contributed by atoms with E-state index in [-0.39, 0.29) is 17.7 Å². The van der Waals surface area contributed by atoms with E-state index >= 15 is 0 Å². The van der Waals surface area contributed by atoms with Gasteiger partial charge in [0.15, 0.2) is 0 Å². The lowest BCUT2D eigenvalue weighted by molar-refractivity contribution is -0.307. The maximum absolute atomic E-state index is 12.7. The number of aliphatic carboxylic acids is 1. The van der Waals surface area contributed by atoms with E-state index in [1.807, 2.05) is 57.2 Å². The summed E-state index contributed by atoms with van der Waals surface area (Å²) in [4.78, 5) is 23.5. The number of benzene rings is 2. The van der Waals surface area contributed by atoms with E-state index < -0.39 is 12.6 Å². The van der Waals surface area contributed by atoms with E-state index in [1.54, 1.807) is 0 Å². The van der Waals surface area contributed by atoms with Gasteiger partial charge in [0.25, 0.3) is 0 Å². The van der Waals surface area contributed by atoms with E-state index in [0.29, 0.717) is 5.75 Å². The molecule has 1 amide bonds. The molecule has 1 aliphatic rings. The summed E-state index contributed by atoms with van der Waals surface area (Å²) in [6, 6.07) is 11.4. The molecule has 2 aromatic carbocycles. The number of hydrogen-bond acceptors (Lipinski definition) is 4. The van der Waals surface area contributed by atoms with E-state index in [2.05, 4.69) is 5.32 Å². The minimum Gasteiger partial charge on any atom is -0.546 e. The Morgan fingerprint density at radius 3 is 2.61 bits per heavy atom. The topological polar surface area (TPSA) is 78.5 Å². The first-order chi connectivity index (χ1) is 13.4. The van der Waals surface area contributed by atoms with Gasteiger partial charge in [-0.3, -0.25) is 4.79 Å². The maximum Gasteiger partial charge on any atom is 0.227 e. The number of carboxylic acid groups (broad SMARTS) is 1. The van der Waals surface area contributed by atoms with Gasteiger partial charge in [-0.1, -0.05) is 25.1 Å². The molecule has 148 valence electrons. The Bertz CT molecular complexity index is 876. The van der Waals surface area contributed by atoms with Gasteiger partial charge >= 0.3 is 0 Å². The number of hydrogen-bond donors (Lipinski definition) is 1. The second-order valence-corrected chi connectivity index (χ2v) is 7.58. The second-order valence-electron chi connectivity index (χ2n) is 7.58. The minimum absolute atomic E-state index is 0.0263. The van der Waals surface area contributed by atoms with Gasteiger partial charge in [0.1, 0.15) is 12.4 Å². The molecule has 0 aromatic heterocycles. The summed E-state index contributed by atoms with van der Waals surface area (Å²) < 4.78 is 5.43. The van der Waals surface area contributed by atoms with Crippen molar-refractivity contribution in [1.82, 2.24) is 0 Å². The highest BCUT2D eigenvalue weighted by atomic mass is 16.5. The van der Waals surface area contributed by atoms with Gasteiger partial charge < -0.3 is 20.0 Å². The minimum atomic E-state index is -1.24. The lowest BCUT2D eigenvalue weighted by Gasteiger charge is -2.31. The third-order valence-electron chi connectivity index (χ3n) is 5.75. The lowest BCUT2D eigenvalue weighted by atomic mass is 9.74. The molecule has 0 aliphatic heterocycles. The quantitative estimate of drug-likeness (QED) is 0.836. The van der Waals surface area contributed by atoms with Crippen LogP contribution < -0.4 is 15.2 Å². The highest BCUT2D eigenvalue weighted by Gasteiger charge is 2.30. The van der Waals surface area contributed by atoms with E-state index in [1.165, 1.54) is 11.1 Å². The zero-order valence-electron chi connectivity index (χ0n) is 16.6. The fourth-order valence-electron chi connectivity index (χ4n) is 4.03. The average Bonchev–Trinajstić information content (AvgIpc) is 2.69. The van der Waals surface area contributed by atoms with Crippen molar-refractivity contribution < 1.29 is 19.4 Å². The molecule has 0 radical (unpaired) electrons. The SMILES string of the molecule is Cc1cc(OCC(=O)[O-])c(C)c2c1CC[C@@H]([C@H](C)C(=O)Nc1ccccc1)C2. The van der Waals surface area contributed by atoms with Gasteiger partial charge in [-0.15, -0.1) is 0 Å². The van der Waals surface area contributed by atoms with Crippen LogP contribution in [0, 0.1) is 25.7 Å². The third-order valence-corrected chi connectivity index (χ3v) is 5.75. The molecule has 0 fully saturated rings. The van der Waals surface area contributed by atoms with Crippen LogP contribution >= 0.6 is 0 Å². The number of nitrogens with one attached hydrogen (secondary N) is 1. The Balaban J connectivity index is 1.77. The summed E-state index contributed by atoms with van der Waals surface area (Å²) >= 11 is 0. The molecule has 0 unspecified atom stereocenters. The monoisotopic (exact) mass is 380 g/mol. The summed E-state index contributed by atoms with van der Waals surface area (Å²) in [5.41, 5.74) is 5.35. The van der Waals surface area contributed by atoms with Crippen molar-refractivity contribution in [2.75, 3.05) is 11.9 Å². The van der Waals surface area contributed by atoms with Crippen LogP contribution in [-0.2, 0) is 22.4 Å². The smallest absolute Gasteiger partial charge is 0.227 e. The standard InChI is InChI=1S/C23H27NO4/c1-14-11-21(28-13-22(25)26)16(3)20-12-17(9-10-19(14)20)15(2)23(27)24-18-7-5-4-6-8-18/h4-8,11,15,17H,9-10,12-13H2,1-3H3,(H,24,27)(H,25,26)/p-1/t15-,17+/m0/s1. The molecular weight excluding hydrogens is 354 g/mol. The van der Waals surface area contributed by atoms with Crippen LogP contribution in [0.1, 0.15) is 35.6 Å². The van der Waals surface area contributed by atoms with Gasteiger partial charge in [0.2, 0.25) is 5.91 Å². The van der Waals surface area contributed by atoms with Crippen molar-refractivity contribution >= 4 is 17.6 Å². The summed E-state index contributed by atoms with van der Waals surface area (Å²) in [6.07, 6.45) is 2.65. The van der Waals surface area contributed by atoms with Crippen LogP contribution in [0.2, 0.25) is 0 Å². The first kappa shape index (κ1) is 19.9. The van der Waals surface area contributed by atoms with Crippen molar-refractivity contribution in [2.45, 2.75) is 40.0 Å². The fraction of sp³-hybridized carbons (Fsp3) is 0.391. The molecule has 3 rings (SSSR count). The van der Waals surface area contributed by atoms with Crippen molar-refractivity contribution in [3.8, 4) is 5.75 Å². The summed E-state index contributed by atoms with van der Waals surface area (Å²) in [5, 5.41) is 13.7. The van der Waals surface area contributed by atoms with Crippen molar-refractivity contribution in [3.05, 3.63) is 58.7 Å². The molecular formula is C23H26NO4-. The third kappa shape index (κ3) is 4.35. The first-order valence-electron chi connectivity index (χ1n) is 9.67. The summed E-state index contributed by atoms with van der Waals surface area (Å²) in [7, 11) is 0. The normalized spacial score (nSPS) is 16.8. The molecule has 0 saturated heterocycles. The highest BCUT2D eigenvalue weighted by Crippen LogP contribution is 2.37. The molecule has 2 atom stereocenters. The highest BCUT2D eigenvalue weighted by molar-refractivity contribution is 5.92. The molecule has 5 nitrogen and oxygen atoms in total. The number of aryl methyl sites for hydroxylation is 1. The fourth-order valence-corrected chi connectivity index (χ4v) is 4.03. The van der Waals surface area contributed by atoms with Crippen molar-refractivity contribution in [2.24, 2.45) is 11.8 Å². The molecule has 1 N–H and O–H groups in total. The van der Waals surface area contributed by atoms with Crippen LogP contribution in [0.5, 0.6) is 5.75 Å². The zero-order chi connectivity index (χ0) is 20.3. The van der Waals surface area contributed by atoms with Gasteiger partial charge in [-0.05, 0) is 79.5 Å². The first-order valence-corrected chi connectivity index (χ1v) is 9.67. The van der Waals surface area contributed by atoms with Gasteiger partial charge in [-0.2, -0.15) is 0 Å². The predicted octanol–water partition coefficient (Wildman–Crippen LogP) is 2.81. The van der Waals surface area contributed by atoms with Gasteiger partial charge in [-0.25, -0.2) is 0 Å². The second kappa shape index (κ2) is 8.46. The van der Waals surface area contributed by atoms with Gasteiger partial charge in [0, 0.05) is 11.6 Å². The Morgan fingerprint density at radius 2 is 1.93 bits per heavy atom. The summed E-state index contributed by atoms with van der Waals surface area (Å²) in [6.45, 7) is 5.50. The number of fused-ring (bicyclic) bond motifs is 1. The van der Waals surface area contributed by atoms with Crippen LogP contribution in [0.25, 0.3) is 0 Å². The Kier molecular flexibility index (Phi) is 6.02. The zero-order valence-corrected chi connectivity index (χ0v) is 16.6. The molecule has 0 heterocycles. The van der Waals surface area contributed by atoms with Crippen molar-refractivity contribution in [3.63, 3.8) is 0 Å².